The second kappa shape index (κ2) is 4.76. The largest absolute Gasteiger partial charge is 0.269 e. The highest BCUT2D eigenvalue weighted by Gasteiger charge is 2.16. The van der Waals surface area contributed by atoms with Gasteiger partial charge in [0, 0.05) is 18.8 Å². The van der Waals surface area contributed by atoms with Crippen molar-refractivity contribution < 1.29 is 8.42 Å². The topological polar surface area (TPSA) is 64.0 Å². The smallest absolute Gasteiger partial charge is 0.259 e. The lowest BCUT2D eigenvalue weighted by atomic mass is 10.4. The summed E-state index contributed by atoms with van der Waals surface area (Å²) in [5, 5.41) is 4.09. The van der Waals surface area contributed by atoms with Crippen LogP contribution in [0.2, 0.25) is 0 Å². The summed E-state index contributed by atoms with van der Waals surface area (Å²) in [6, 6.07) is 1.68. The van der Waals surface area contributed by atoms with E-state index in [9.17, 15) is 8.42 Å². The summed E-state index contributed by atoms with van der Waals surface area (Å²) in [4.78, 5) is 0. The first-order valence-corrected chi connectivity index (χ1v) is 6.50. The molecule has 1 aromatic heterocycles. The van der Waals surface area contributed by atoms with Crippen molar-refractivity contribution in [3.05, 3.63) is 12.3 Å². The highest BCUT2D eigenvalue weighted by atomic mass is 32.2. The highest BCUT2D eigenvalue weighted by molar-refractivity contribution is 7.89. The second-order valence-electron chi connectivity index (χ2n) is 3.63. The molecule has 0 saturated carbocycles. The summed E-state index contributed by atoms with van der Waals surface area (Å²) in [5.41, 5.74) is 0. The predicted molar refractivity (Wildman–Crippen MR) is 58.1 cm³/mol. The van der Waals surface area contributed by atoms with Crippen LogP contribution in [0.5, 0.6) is 0 Å². The number of aromatic nitrogens is 2. The molecule has 0 atom stereocenters. The van der Waals surface area contributed by atoms with E-state index in [4.69, 9.17) is 0 Å². The Morgan fingerprint density at radius 3 is 2.67 bits per heavy atom. The first-order chi connectivity index (χ1) is 6.97. The molecule has 0 radical (unpaired) electrons. The summed E-state index contributed by atoms with van der Waals surface area (Å²) < 4.78 is 27.4. The highest BCUT2D eigenvalue weighted by Crippen LogP contribution is 2.08. The predicted octanol–water partition coefficient (Wildman–Crippen LogP) is 1.15. The van der Waals surface area contributed by atoms with Crippen LogP contribution in [0.25, 0.3) is 0 Å². The molecule has 1 N–H and O–H groups in total. The molecule has 0 unspecified atom stereocenters. The van der Waals surface area contributed by atoms with Gasteiger partial charge in [0.25, 0.3) is 10.0 Å². The van der Waals surface area contributed by atoms with Gasteiger partial charge < -0.3 is 0 Å². The van der Waals surface area contributed by atoms with E-state index in [0.717, 1.165) is 6.42 Å². The third-order valence-corrected chi connectivity index (χ3v) is 3.28. The van der Waals surface area contributed by atoms with Crippen molar-refractivity contribution in [1.82, 2.24) is 14.5 Å². The van der Waals surface area contributed by atoms with Crippen LogP contribution in [0.4, 0.5) is 0 Å². The van der Waals surface area contributed by atoms with Gasteiger partial charge in [-0.25, -0.2) is 13.1 Å². The van der Waals surface area contributed by atoms with E-state index in [0.29, 0.717) is 6.54 Å². The molecular weight excluding hydrogens is 214 g/mol. The van der Waals surface area contributed by atoms with Crippen LogP contribution in [-0.2, 0) is 10.0 Å². The molecule has 5 nitrogen and oxygen atoms in total. The standard InChI is InChI=1S/C9H17N3O2S/c1-4-6-10-15(13,14)9-5-7-12(11-9)8(2)3/h5,7-8,10H,4,6H2,1-3H3. The minimum Gasteiger partial charge on any atom is -0.269 e. The fourth-order valence-corrected chi connectivity index (χ4v) is 2.12. The number of sulfonamides is 1. The average Bonchev–Trinajstić information content (AvgIpc) is 2.64. The van der Waals surface area contributed by atoms with Gasteiger partial charge in [-0.05, 0) is 26.3 Å². The Labute approximate surface area is 90.5 Å². The molecule has 15 heavy (non-hydrogen) atoms. The molecular formula is C9H17N3O2S. The Kier molecular flexibility index (Phi) is 3.87. The zero-order chi connectivity index (χ0) is 11.5. The van der Waals surface area contributed by atoms with Gasteiger partial charge in [-0.3, -0.25) is 4.68 Å². The Hall–Kier alpha value is -0.880. The van der Waals surface area contributed by atoms with Gasteiger partial charge in [0.15, 0.2) is 5.03 Å². The Morgan fingerprint density at radius 1 is 1.53 bits per heavy atom. The summed E-state index contributed by atoms with van der Waals surface area (Å²) in [5.74, 6) is 0. The lowest BCUT2D eigenvalue weighted by Crippen LogP contribution is -2.25. The van der Waals surface area contributed by atoms with Gasteiger partial charge in [-0.15, -0.1) is 0 Å². The third-order valence-electron chi connectivity index (χ3n) is 1.93. The minimum atomic E-state index is -3.42. The fraction of sp³-hybridized carbons (Fsp3) is 0.667. The summed E-state index contributed by atoms with van der Waals surface area (Å²) in [6.45, 7) is 6.25. The molecule has 0 bridgehead atoms. The van der Waals surface area contributed by atoms with E-state index in [-0.39, 0.29) is 11.1 Å². The third kappa shape index (κ3) is 3.04. The number of rotatable bonds is 5. The van der Waals surface area contributed by atoms with Gasteiger partial charge in [-0.1, -0.05) is 6.92 Å². The van der Waals surface area contributed by atoms with Gasteiger partial charge in [-0.2, -0.15) is 5.10 Å². The van der Waals surface area contributed by atoms with Gasteiger partial charge in [0.1, 0.15) is 0 Å². The SMILES string of the molecule is CCCNS(=O)(=O)c1ccn(C(C)C)n1. The quantitative estimate of drug-likeness (QED) is 0.827. The van der Waals surface area contributed by atoms with Gasteiger partial charge in [0.2, 0.25) is 0 Å². The fourth-order valence-electron chi connectivity index (χ4n) is 1.06. The van der Waals surface area contributed by atoms with E-state index in [2.05, 4.69) is 9.82 Å². The van der Waals surface area contributed by atoms with Crippen LogP contribution >= 0.6 is 0 Å². The van der Waals surface area contributed by atoms with Crippen LogP contribution in [0, 0.1) is 0 Å². The molecule has 86 valence electrons. The number of nitrogens with one attached hydrogen (secondary N) is 1. The maximum atomic E-state index is 11.6. The Balaban J connectivity index is 2.86. The van der Waals surface area contributed by atoms with Crippen molar-refractivity contribution >= 4 is 10.0 Å². The Bertz CT molecular complexity index is 409. The molecule has 0 aromatic carbocycles. The normalized spacial score (nSPS) is 12.3. The van der Waals surface area contributed by atoms with Crippen LogP contribution in [0.1, 0.15) is 33.2 Å². The van der Waals surface area contributed by atoms with E-state index in [1.165, 1.54) is 6.07 Å². The van der Waals surface area contributed by atoms with E-state index >= 15 is 0 Å². The Morgan fingerprint density at radius 2 is 2.20 bits per heavy atom. The molecule has 0 saturated heterocycles. The second-order valence-corrected chi connectivity index (χ2v) is 5.34. The molecule has 0 aliphatic carbocycles. The molecule has 0 aliphatic rings. The van der Waals surface area contributed by atoms with E-state index in [1.807, 2.05) is 20.8 Å². The monoisotopic (exact) mass is 231 g/mol. The molecule has 1 heterocycles. The molecule has 1 rings (SSSR count). The average molecular weight is 231 g/mol. The maximum Gasteiger partial charge on any atom is 0.259 e. The molecule has 0 fully saturated rings. The summed E-state index contributed by atoms with van der Waals surface area (Å²) in [6.07, 6.45) is 2.44. The zero-order valence-electron chi connectivity index (χ0n) is 9.27. The van der Waals surface area contributed by atoms with E-state index in [1.54, 1.807) is 10.9 Å². The first-order valence-electron chi connectivity index (χ1n) is 5.02. The van der Waals surface area contributed by atoms with Crippen LogP contribution in [0.3, 0.4) is 0 Å². The molecule has 0 spiro atoms. The lowest BCUT2D eigenvalue weighted by Gasteiger charge is -2.04. The van der Waals surface area contributed by atoms with E-state index < -0.39 is 10.0 Å². The minimum absolute atomic E-state index is 0.0876. The molecule has 0 amide bonds. The van der Waals surface area contributed by atoms with Crippen LogP contribution in [-0.4, -0.2) is 24.7 Å². The van der Waals surface area contributed by atoms with Crippen LogP contribution in [0.15, 0.2) is 17.3 Å². The summed E-state index contributed by atoms with van der Waals surface area (Å²) in [7, 11) is -3.42. The van der Waals surface area contributed by atoms with Gasteiger partial charge >= 0.3 is 0 Å². The number of hydrogen-bond donors (Lipinski definition) is 1. The molecule has 1 aromatic rings. The zero-order valence-corrected chi connectivity index (χ0v) is 10.1. The van der Waals surface area contributed by atoms with Crippen LogP contribution < -0.4 is 4.72 Å². The summed E-state index contributed by atoms with van der Waals surface area (Å²) >= 11 is 0. The maximum absolute atomic E-state index is 11.6. The van der Waals surface area contributed by atoms with Crippen molar-refractivity contribution in [3.63, 3.8) is 0 Å². The number of nitrogens with zero attached hydrogens (tertiary/aromatic N) is 2. The van der Waals surface area contributed by atoms with Gasteiger partial charge in [0.05, 0.1) is 0 Å². The van der Waals surface area contributed by atoms with Crippen molar-refractivity contribution in [3.8, 4) is 0 Å². The lowest BCUT2D eigenvalue weighted by molar-refractivity contribution is 0.514. The van der Waals surface area contributed by atoms with Crippen molar-refractivity contribution in [2.24, 2.45) is 0 Å². The molecule has 0 aliphatic heterocycles. The first kappa shape index (κ1) is 12.2. The van der Waals surface area contributed by atoms with Crippen molar-refractivity contribution in [1.29, 1.82) is 0 Å². The number of hydrogen-bond acceptors (Lipinski definition) is 3. The van der Waals surface area contributed by atoms with Crippen molar-refractivity contribution in [2.45, 2.75) is 38.3 Å². The molecule has 6 heteroatoms. The van der Waals surface area contributed by atoms with Crippen molar-refractivity contribution in [2.75, 3.05) is 6.54 Å².